The number of ether oxygens (including phenoxy) is 4. The zero-order chi connectivity index (χ0) is 23.9. The highest BCUT2D eigenvalue weighted by molar-refractivity contribution is 5.93. The van der Waals surface area contributed by atoms with E-state index in [-0.39, 0.29) is 18.4 Å². The smallest absolute Gasteiger partial charge is 0.262 e. The first-order valence-electron chi connectivity index (χ1n) is 10.3. The maximum Gasteiger partial charge on any atom is 0.262 e. The van der Waals surface area contributed by atoms with Gasteiger partial charge in [0.05, 0.1) is 32.6 Å². The number of benzene rings is 3. The van der Waals surface area contributed by atoms with Crippen LogP contribution in [-0.4, -0.2) is 44.0 Å². The summed E-state index contributed by atoms with van der Waals surface area (Å²) in [4.78, 5) is 17.0. The summed E-state index contributed by atoms with van der Waals surface area (Å²) < 4.78 is 26.9. The number of amides is 1. The van der Waals surface area contributed by atoms with Crippen molar-refractivity contribution in [3.63, 3.8) is 0 Å². The topological polar surface area (TPSA) is 105 Å². The van der Waals surface area contributed by atoms with Gasteiger partial charge in [-0.25, -0.2) is 0 Å². The minimum absolute atomic E-state index is 0.239. The molecule has 4 rings (SSSR count). The molecule has 0 fully saturated rings. The molecule has 0 unspecified atom stereocenters. The number of nitrogens with one attached hydrogen (secondary N) is 1. The van der Waals surface area contributed by atoms with Crippen LogP contribution in [0.1, 0.15) is 0 Å². The van der Waals surface area contributed by atoms with E-state index in [2.05, 4.69) is 15.5 Å². The fourth-order valence-corrected chi connectivity index (χ4v) is 3.20. The molecule has 3 aromatic carbocycles. The SMILES string of the molecule is COc1ccc(-c2noc(-c3ccccc3OCC(=O)Nc3cc(OC)ccc3OC)n2)cc1. The Kier molecular flexibility index (Phi) is 6.92. The minimum atomic E-state index is -0.370. The molecular weight excluding hydrogens is 438 g/mol. The summed E-state index contributed by atoms with van der Waals surface area (Å²) in [7, 11) is 4.67. The lowest BCUT2D eigenvalue weighted by atomic mass is 10.2. The second-order valence-electron chi connectivity index (χ2n) is 7.05. The average molecular weight is 461 g/mol. The van der Waals surface area contributed by atoms with Crippen LogP contribution < -0.4 is 24.3 Å². The molecule has 0 saturated carbocycles. The summed E-state index contributed by atoms with van der Waals surface area (Å²) in [5.74, 6) is 2.59. The summed E-state index contributed by atoms with van der Waals surface area (Å²) in [6, 6.07) is 19.6. The Morgan fingerprint density at radius 3 is 2.35 bits per heavy atom. The van der Waals surface area contributed by atoms with Gasteiger partial charge in [-0.2, -0.15) is 4.98 Å². The predicted octanol–water partition coefficient (Wildman–Crippen LogP) is 4.45. The van der Waals surface area contributed by atoms with Gasteiger partial charge in [-0.05, 0) is 48.5 Å². The minimum Gasteiger partial charge on any atom is -0.497 e. The summed E-state index contributed by atoms with van der Waals surface area (Å²) in [6.07, 6.45) is 0. The number of carbonyl (C=O) groups is 1. The Morgan fingerprint density at radius 1 is 0.882 bits per heavy atom. The summed E-state index contributed by atoms with van der Waals surface area (Å²) >= 11 is 0. The number of hydrogen-bond acceptors (Lipinski definition) is 8. The summed E-state index contributed by atoms with van der Waals surface area (Å²) in [5, 5.41) is 6.83. The van der Waals surface area contributed by atoms with Crippen LogP contribution in [0.5, 0.6) is 23.0 Å². The molecule has 0 aliphatic carbocycles. The van der Waals surface area contributed by atoms with Gasteiger partial charge in [0.1, 0.15) is 23.0 Å². The number of hydrogen-bond donors (Lipinski definition) is 1. The quantitative estimate of drug-likeness (QED) is 0.390. The van der Waals surface area contributed by atoms with Gasteiger partial charge in [0.15, 0.2) is 6.61 Å². The van der Waals surface area contributed by atoms with Crippen LogP contribution in [0.15, 0.2) is 71.3 Å². The molecule has 0 radical (unpaired) electrons. The van der Waals surface area contributed by atoms with Crippen LogP contribution in [0, 0.1) is 0 Å². The molecular formula is C25H23N3O6. The number of nitrogens with zero attached hydrogens (tertiary/aromatic N) is 2. The largest absolute Gasteiger partial charge is 0.497 e. The van der Waals surface area contributed by atoms with E-state index < -0.39 is 0 Å². The van der Waals surface area contributed by atoms with Crippen molar-refractivity contribution in [2.24, 2.45) is 0 Å². The third-order valence-electron chi connectivity index (χ3n) is 4.93. The first-order valence-corrected chi connectivity index (χ1v) is 10.3. The fourth-order valence-electron chi connectivity index (χ4n) is 3.20. The summed E-state index contributed by atoms with van der Waals surface area (Å²) in [6.45, 7) is -0.239. The molecule has 1 amide bonds. The van der Waals surface area contributed by atoms with Crippen LogP contribution in [0.3, 0.4) is 0 Å². The van der Waals surface area contributed by atoms with Crippen LogP contribution in [0.2, 0.25) is 0 Å². The zero-order valence-electron chi connectivity index (χ0n) is 18.9. The van der Waals surface area contributed by atoms with E-state index in [9.17, 15) is 4.79 Å². The molecule has 0 aliphatic heterocycles. The van der Waals surface area contributed by atoms with Crippen LogP contribution in [0.4, 0.5) is 5.69 Å². The Morgan fingerprint density at radius 2 is 1.62 bits per heavy atom. The Labute approximate surface area is 196 Å². The molecule has 0 bridgehead atoms. The molecule has 34 heavy (non-hydrogen) atoms. The maximum absolute atomic E-state index is 12.5. The second kappa shape index (κ2) is 10.4. The van der Waals surface area contributed by atoms with Crippen molar-refractivity contribution in [2.75, 3.05) is 33.3 Å². The van der Waals surface area contributed by atoms with E-state index in [0.717, 1.165) is 11.3 Å². The number of anilines is 1. The van der Waals surface area contributed by atoms with Crippen molar-refractivity contribution >= 4 is 11.6 Å². The standard InChI is InChI=1S/C25H23N3O6/c1-30-17-10-8-16(9-11-17)24-27-25(34-28-24)19-6-4-5-7-21(19)33-15-23(29)26-20-14-18(31-2)12-13-22(20)32-3/h4-14H,15H2,1-3H3,(H,26,29). The average Bonchev–Trinajstić information content (AvgIpc) is 3.38. The lowest BCUT2D eigenvalue weighted by molar-refractivity contribution is -0.118. The second-order valence-corrected chi connectivity index (χ2v) is 7.05. The first kappa shape index (κ1) is 22.7. The van der Waals surface area contributed by atoms with Gasteiger partial charge in [0.25, 0.3) is 11.8 Å². The van der Waals surface area contributed by atoms with Crippen LogP contribution in [0.25, 0.3) is 22.8 Å². The highest BCUT2D eigenvalue weighted by Gasteiger charge is 2.16. The molecule has 9 heteroatoms. The van der Waals surface area contributed by atoms with Crippen LogP contribution >= 0.6 is 0 Å². The number of carbonyl (C=O) groups excluding carboxylic acids is 1. The van der Waals surface area contributed by atoms with Gasteiger partial charge < -0.3 is 28.8 Å². The first-order chi connectivity index (χ1) is 16.6. The molecule has 1 N–H and O–H groups in total. The highest BCUT2D eigenvalue weighted by Crippen LogP contribution is 2.31. The van der Waals surface area contributed by atoms with Gasteiger partial charge in [0, 0.05) is 11.6 Å². The lowest BCUT2D eigenvalue weighted by Crippen LogP contribution is -2.20. The molecule has 174 valence electrons. The Balaban J connectivity index is 1.47. The molecule has 1 aromatic heterocycles. The highest BCUT2D eigenvalue weighted by atomic mass is 16.5. The molecule has 0 aliphatic rings. The molecule has 9 nitrogen and oxygen atoms in total. The van der Waals surface area contributed by atoms with Gasteiger partial charge in [-0.1, -0.05) is 17.3 Å². The predicted molar refractivity (Wildman–Crippen MR) is 125 cm³/mol. The number of aromatic nitrogens is 2. The monoisotopic (exact) mass is 461 g/mol. The van der Waals surface area contributed by atoms with E-state index in [0.29, 0.717) is 34.3 Å². The Bertz CT molecular complexity index is 1270. The van der Waals surface area contributed by atoms with Crippen molar-refractivity contribution in [3.8, 4) is 45.8 Å². The van der Waals surface area contributed by atoms with E-state index in [1.807, 2.05) is 30.3 Å². The van der Waals surface area contributed by atoms with Gasteiger partial charge in [-0.15, -0.1) is 0 Å². The maximum atomic E-state index is 12.5. The normalized spacial score (nSPS) is 10.4. The van der Waals surface area contributed by atoms with Gasteiger partial charge in [0.2, 0.25) is 5.82 Å². The number of methoxy groups -OCH3 is 3. The van der Waals surface area contributed by atoms with Gasteiger partial charge in [-0.3, -0.25) is 4.79 Å². The Hall–Kier alpha value is -4.53. The molecule has 1 heterocycles. The number of rotatable bonds is 9. The zero-order valence-corrected chi connectivity index (χ0v) is 18.9. The van der Waals surface area contributed by atoms with Crippen molar-refractivity contribution in [1.29, 1.82) is 0 Å². The van der Waals surface area contributed by atoms with Crippen molar-refractivity contribution in [1.82, 2.24) is 10.1 Å². The van der Waals surface area contributed by atoms with E-state index in [1.54, 1.807) is 50.6 Å². The third-order valence-corrected chi connectivity index (χ3v) is 4.93. The van der Waals surface area contributed by atoms with E-state index >= 15 is 0 Å². The third kappa shape index (κ3) is 5.09. The van der Waals surface area contributed by atoms with Crippen molar-refractivity contribution in [2.45, 2.75) is 0 Å². The lowest BCUT2D eigenvalue weighted by Gasteiger charge is -2.13. The fraction of sp³-hybridized carbons (Fsp3) is 0.160. The van der Waals surface area contributed by atoms with Crippen LogP contribution in [-0.2, 0) is 4.79 Å². The van der Waals surface area contributed by atoms with Gasteiger partial charge >= 0.3 is 0 Å². The molecule has 0 saturated heterocycles. The summed E-state index contributed by atoms with van der Waals surface area (Å²) in [5.41, 5.74) is 1.83. The van der Waals surface area contributed by atoms with E-state index in [4.69, 9.17) is 23.5 Å². The molecule has 0 spiro atoms. The van der Waals surface area contributed by atoms with E-state index in [1.165, 1.54) is 7.11 Å². The molecule has 0 atom stereocenters. The molecule has 4 aromatic rings. The van der Waals surface area contributed by atoms with Crippen molar-refractivity contribution in [3.05, 3.63) is 66.7 Å². The van der Waals surface area contributed by atoms with Crippen molar-refractivity contribution < 1.29 is 28.3 Å². The number of para-hydroxylation sites is 1.